The lowest BCUT2D eigenvalue weighted by Crippen LogP contribution is -2.29. The molecule has 0 fully saturated rings. The van der Waals surface area contributed by atoms with Crippen molar-refractivity contribution in [1.82, 2.24) is 5.32 Å². The summed E-state index contributed by atoms with van der Waals surface area (Å²) in [6, 6.07) is 3.43. The van der Waals surface area contributed by atoms with E-state index in [4.69, 9.17) is 9.47 Å². The highest BCUT2D eigenvalue weighted by atomic mass is 79.9. The number of rotatable bonds is 3. The van der Waals surface area contributed by atoms with Crippen molar-refractivity contribution in [2.45, 2.75) is 12.6 Å². The van der Waals surface area contributed by atoms with Crippen molar-refractivity contribution in [3.8, 4) is 11.5 Å². The van der Waals surface area contributed by atoms with E-state index in [1.165, 1.54) is 6.92 Å². The maximum atomic E-state index is 14.4. The van der Waals surface area contributed by atoms with Crippen LogP contribution in [0.2, 0.25) is 0 Å². The van der Waals surface area contributed by atoms with Gasteiger partial charge in [0, 0.05) is 16.6 Å². The molecular formula is C11H13BrFNO2. The number of alkyl halides is 1. The van der Waals surface area contributed by atoms with Crippen LogP contribution in [0, 0.1) is 0 Å². The Morgan fingerprint density at radius 3 is 2.69 bits per heavy atom. The standard InChI is InChI=1S/C11H13BrFNO2/c1-11(13,5-14-2)7-3-9-10(4-8(7)12)16-6-15-9/h3-4,14H,5-6H2,1-2H3. The van der Waals surface area contributed by atoms with Gasteiger partial charge in [0.1, 0.15) is 5.67 Å². The highest BCUT2D eigenvalue weighted by Gasteiger charge is 2.30. The van der Waals surface area contributed by atoms with Crippen LogP contribution in [0.25, 0.3) is 0 Å². The van der Waals surface area contributed by atoms with Gasteiger partial charge in [0.15, 0.2) is 11.5 Å². The van der Waals surface area contributed by atoms with Crippen molar-refractivity contribution in [3.05, 3.63) is 22.2 Å². The van der Waals surface area contributed by atoms with Gasteiger partial charge in [-0.25, -0.2) is 4.39 Å². The lowest BCUT2D eigenvalue weighted by atomic mass is 9.97. The molecule has 0 aliphatic carbocycles. The van der Waals surface area contributed by atoms with Crippen molar-refractivity contribution in [2.24, 2.45) is 0 Å². The van der Waals surface area contributed by atoms with Crippen molar-refractivity contribution in [3.63, 3.8) is 0 Å². The van der Waals surface area contributed by atoms with Crippen LogP contribution in [0.15, 0.2) is 16.6 Å². The summed E-state index contributed by atoms with van der Waals surface area (Å²) in [7, 11) is 1.72. The molecule has 1 heterocycles. The number of nitrogens with one attached hydrogen (secondary N) is 1. The summed E-state index contributed by atoms with van der Waals surface area (Å²) in [5.41, 5.74) is -0.889. The maximum absolute atomic E-state index is 14.4. The predicted molar refractivity (Wildman–Crippen MR) is 62.7 cm³/mol. The highest BCUT2D eigenvalue weighted by Crippen LogP contribution is 2.41. The fraction of sp³-hybridized carbons (Fsp3) is 0.455. The molecule has 0 radical (unpaired) electrons. The number of ether oxygens (including phenoxy) is 2. The van der Waals surface area contributed by atoms with Crippen LogP contribution in [-0.2, 0) is 5.67 Å². The van der Waals surface area contributed by atoms with E-state index in [0.717, 1.165) is 0 Å². The maximum Gasteiger partial charge on any atom is 0.231 e. The van der Waals surface area contributed by atoms with E-state index in [2.05, 4.69) is 21.2 Å². The Morgan fingerprint density at radius 1 is 1.44 bits per heavy atom. The Kier molecular flexibility index (Phi) is 3.08. The zero-order valence-corrected chi connectivity index (χ0v) is 10.7. The molecule has 3 nitrogen and oxygen atoms in total. The molecule has 1 N–H and O–H groups in total. The molecule has 5 heteroatoms. The fourth-order valence-electron chi connectivity index (χ4n) is 1.74. The Labute approximate surface area is 102 Å². The lowest BCUT2D eigenvalue weighted by Gasteiger charge is -2.22. The van der Waals surface area contributed by atoms with Gasteiger partial charge in [0.2, 0.25) is 6.79 Å². The lowest BCUT2D eigenvalue weighted by molar-refractivity contribution is 0.172. The molecule has 0 bridgehead atoms. The summed E-state index contributed by atoms with van der Waals surface area (Å²) < 4.78 is 25.5. The Bertz CT molecular complexity index is 409. The Balaban J connectivity index is 2.41. The molecule has 1 atom stereocenters. The summed E-state index contributed by atoms with van der Waals surface area (Å²) >= 11 is 3.35. The third-order valence-corrected chi connectivity index (χ3v) is 3.19. The van der Waals surface area contributed by atoms with Gasteiger partial charge in [-0.2, -0.15) is 0 Å². The first-order valence-electron chi connectivity index (χ1n) is 4.98. The summed E-state index contributed by atoms with van der Waals surface area (Å²) in [6.07, 6.45) is 0. The monoisotopic (exact) mass is 289 g/mol. The van der Waals surface area contributed by atoms with Gasteiger partial charge in [-0.1, -0.05) is 15.9 Å². The zero-order valence-electron chi connectivity index (χ0n) is 9.14. The second-order valence-corrected chi connectivity index (χ2v) is 4.77. The number of hydrogen-bond acceptors (Lipinski definition) is 3. The average Bonchev–Trinajstić information content (AvgIpc) is 2.63. The molecule has 1 aliphatic rings. The largest absolute Gasteiger partial charge is 0.454 e. The van der Waals surface area contributed by atoms with E-state index >= 15 is 0 Å². The van der Waals surface area contributed by atoms with Crippen LogP contribution in [0.1, 0.15) is 12.5 Å². The molecule has 1 aliphatic heterocycles. The van der Waals surface area contributed by atoms with Crippen molar-refractivity contribution >= 4 is 15.9 Å². The fourth-order valence-corrected chi connectivity index (χ4v) is 2.48. The van der Waals surface area contributed by atoms with Crippen molar-refractivity contribution < 1.29 is 13.9 Å². The second kappa shape index (κ2) is 4.22. The van der Waals surface area contributed by atoms with E-state index in [1.807, 2.05) is 0 Å². The first-order chi connectivity index (χ1) is 7.54. The minimum atomic E-state index is -1.45. The van der Waals surface area contributed by atoms with E-state index < -0.39 is 5.67 Å². The van der Waals surface area contributed by atoms with Gasteiger partial charge in [-0.15, -0.1) is 0 Å². The summed E-state index contributed by atoms with van der Waals surface area (Å²) in [4.78, 5) is 0. The third kappa shape index (κ3) is 2.01. The van der Waals surface area contributed by atoms with Crippen LogP contribution < -0.4 is 14.8 Å². The molecule has 1 aromatic rings. The summed E-state index contributed by atoms with van der Waals surface area (Å²) in [5.74, 6) is 1.24. The molecule has 0 saturated carbocycles. The van der Waals surface area contributed by atoms with Crippen LogP contribution in [0.4, 0.5) is 4.39 Å². The minimum absolute atomic E-state index is 0.195. The number of benzene rings is 1. The van der Waals surface area contributed by atoms with Gasteiger partial charge < -0.3 is 14.8 Å². The number of hydrogen-bond donors (Lipinski definition) is 1. The normalized spacial score (nSPS) is 17.2. The molecule has 2 rings (SSSR count). The van der Waals surface area contributed by atoms with Crippen LogP contribution in [-0.4, -0.2) is 20.4 Å². The van der Waals surface area contributed by atoms with Crippen molar-refractivity contribution in [2.75, 3.05) is 20.4 Å². The van der Waals surface area contributed by atoms with E-state index in [9.17, 15) is 4.39 Å². The first-order valence-corrected chi connectivity index (χ1v) is 5.77. The Morgan fingerprint density at radius 2 is 2.06 bits per heavy atom. The van der Waals surface area contributed by atoms with Gasteiger partial charge in [0.05, 0.1) is 0 Å². The van der Waals surface area contributed by atoms with Gasteiger partial charge in [-0.3, -0.25) is 0 Å². The summed E-state index contributed by atoms with van der Waals surface area (Å²) in [5, 5.41) is 2.83. The van der Waals surface area contributed by atoms with Crippen LogP contribution in [0.5, 0.6) is 11.5 Å². The predicted octanol–water partition coefficient (Wildman–Crippen LogP) is 2.58. The third-order valence-electron chi connectivity index (χ3n) is 2.53. The number of halogens is 2. The Hall–Kier alpha value is -0.810. The van der Waals surface area contributed by atoms with Crippen molar-refractivity contribution in [1.29, 1.82) is 0 Å². The molecule has 0 saturated heterocycles. The van der Waals surface area contributed by atoms with Gasteiger partial charge in [-0.05, 0) is 26.1 Å². The molecule has 0 amide bonds. The highest BCUT2D eigenvalue weighted by molar-refractivity contribution is 9.10. The molecule has 0 aromatic heterocycles. The number of likely N-dealkylation sites (N-methyl/N-ethyl adjacent to an activating group) is 1. The van der Waals surface area contributed by atoms with E-state index in [0.29, 0.717) is 21.5 Å². The second-order valence-electron chi connectivity index (χ2n) is 3.91. The topological polar surface area (TPSA) is 30.5 Å². The molecule has 16 heavy (non-hydrogen) atoms. The van der Waals surface area contributed by atoms with Gasteiger partial charge in [0.25, 0.3) is 0 Å². The molecule has 88 valence electrons. The quantitative estimate of drug-likeness (QED) is 0.928. The molecule has 1 aromatic carbocycles. The summed E-state index contributed by atoms with van der Waals surface area (Å²) in [6.45, 7) is 1.97. The van der Waals surface area contributed by atoms with E-state index in [-0.39, 0.29) is 13.3 Å². The van der Waals surface area contributed by atoms with E-state index in [1.54, 1.807) is 19.2 Å². The zero-order chi connectivity index (χ0) is 11.8. The SMILES string of the molecule is CNCC(C)(F)c1cc2c(cc1Br)OCO2. The molecule has 1 unspecified atom stereocenters. The molecular weight excluding hydrogens is 277 g/mol. The van der Waals surface area contributed by atoms with Gasteiger partial charge >= 0.3 is 0 Å². The average molecular weight is 290 g/mol. The number of fused-ring (bicyclic) bond motifs is 1. The van der Waals surface area contributed by atoms with Crippen LogP contribution >= 0.6 is 15.9 Å². The van der Waals surface area contributed by atoms with Crippen LogP contribution in [0.3, 0.4) is 0 Å². The first kappa shape index (κ1) is 11.7. The molecule has 0 spiro atoms. The smallest absolute Gasteiger partial charge is 0.231 e. The minimum Gasteiger partial charge on any atom is -0.454 e.